The number of primary amides is 1. The number of nitrogens with one attached hydrogen (secondary N) is 1. The molecule has 0 aromatic carbocycles. The lowest BCUT2D eigenvalue weighted by atomic mass is 9.44. The number of carbonyl (C=O) groups is 1. The van der Waals surface area contributed by atoms with E-state index in [9.17, 15) is 13.2 Å². The van der Waals surface area contributed by atoms with Crippen molar-refractivity contribution in [2.45, 2.75) is 32.1 Å². The smallest absolute Gasteiger partial charge is 0.223 e. The highest BCUT2D eigenvalue weighted by molar-refractivity contribution is 7.88. The molecule has 1 amide bonds. The first-order valence-electron chi connectivity index (χ1n) is 6.83. The predicted molar refractivity (Wildman–Crippen MR) is 78.5 cm³/mol. The van der Waals surface area contributed by atoms with Gasteiger partial charge in [0.1, 0.15) is 0 Å². The van der Waals surface area contributed by atoms with Crippen LogP contribution in [0.15, 0.2) is 0 Å². The zero-order valence-corrected chi connectivity index (χ0v) is 13.2. The molecule has 1 radical (unpaired) electrons. The van der Waals surface area contributed by atoms with Crippen LogP contribution in [0.4, 0.5) is 0 Å². The zero-order chi connectivity index (χ0) is 13.9. The van der Waals surface area contributed by atoms with Gasteiger partial charge in [-0.15, -0.1) is 12.4 Å². The highest BCUT2D eigenvalue weighted by atomic mass is 35.5. The maximum atomic E-state index is 11.8. The van der Waals surface area contributed by atoms with E-state index in [0.29, 0.717) is 24.8 Å². The van der Waals surface area contributed by atoms with Gasteiger partial charge in [-0.05, 0) is 55.8 Å². The van der Waals surface area contributed by atoms with E-state index in [0.717, 1.165) is 25.7 Å². The van der Waals surface area contributed by atoms with E-state index in [-0.39, 0.29) is 23.7 Å². The molecule has 0 saturated heterocycles. The molecule has 4 saturated carbocycles. The molecule has 4 fully saturated rings. The zero-order valence-electron chi connectivity index (χ0n) is 11.6. The summed E-state index contributed by atoms with van der Waals surface area (Å²) in [5, 5.41) is 0. The van der Waals surface area contributed by atoms with Crippen molar-refractivity contribution >= 4 is 28.3 Å². The lowest BCUT2D eigenvalue weighted by Crippen LogP contribution is -2.59. The summed E-state index contributed by atoms with van der Waals surface area (Å²) < 4.78 is 25.3. The van der Waals surface area contributed by atoms with Gasteiger partial charge in [-0.3, -0.25) is 4.79 Å². The summed E-state index contributed by atoms with van der Waals surface area (Å²) in [6, 6.07) is 0. The third-order valence-corrected chi connectivity index (χ3v) is 5.82. The molecule has 4 atom stereocenters. The standard InChI is InChI=1S/C13H21N2O3S.ClH/c1-19(17,18)15-8-12-3-9-2-10(4-12)6-13(5-9,7-12)11(14)16;/h5,9-10,15H,2-4,6-8H2,1H3,(H2,14,16);1H. The average molecular weight is 322 g/mol. The Balaban J connectivity index is 0.00000147. The first-order chi connectivity index (χ1) is 8.72. The Labute approximate surface area is 126 Å². The molecular weight excluding hydrogens is 300 g/mol. The monoisotopic (exact) mass is 321 g/mol. The van der Waals surface area contributed by atoms with E-state index >= 15 is 0 Å². The van der Waals surface area contributed by atoms with Gasteiger partial charge < -0.3 is 5.73 Å². The maximum Gasteiger partial charge on any atom is 0.223 e. The minimum atomic E-state index is -3.18. The van der Waals surface area contributed by atoms with Gasteiger partial charge in [-0.25, -0.2) is 13.1 Å². The Kier molecular flexibility index (Phi) is 3.89. The second-order valence-electron chi connectivity index (χ2n) is 6.93. The van der Waals surface area contributed by atoms with Crippen molar-refractivity contribution in [3.8, 4) is 0 Å². The van der Waals surface area contributed by atoms with Crippen LogP contribution in [-0.4, -0.2) is 27.1 Å². The highest BCUT2D eigenvalue weighted by Gasteiger charge is 2.60. The van der Waals surface area contributed by atoms with E-state index in [1.165, 1.54) is 6.26 Å². The SMILES string of the molecule is CS(=O)(=O)NCC12CC3[CH]C(C(N)=O)(CC(C3)C1)C2.Cl. The van der Waals surface area contributed by atoms with Crippen molar-refractivity contribution in [3.63, 3.8) is 0 Å². The summed E-state index contributed by atoms with van der Waals surface area (Å²) in [5.41, 5.74) is 5.07. The number of nitrogens with two attached hydrogens (primary N) is 1. The van der Waals surface area contributed by atoms with Crippen LogP contribution in [0.1, 0.15) is 32.1 Å². The second-order valence-corrected chi connectivity index (χ2v) is 8.76. The summed E-state index contributed by atoms with van der Waals surface area (Å²) >= 11 is 0. The Morgan fingerprint density at radius 1 is 1.40 bits per heavy atom. The van der Waals surface area contributed by atoms with Crippen LogP contribution in [-0.2, 0) is 14.8 Å². The first-order valence-corrected chi connectivity index (χ1v) is 8.72. The largest absolute Gasteiger partial charge is 0.369 e. The Bertz CT molecular complexity index is 506. The highest BCUT2D eigenvalue weighted by Crippen LogP contribution is 2.64. The minimum absolute atomic E-state index is 0. The lowest BCUT2D eigenvalue weighted by Gasteiger charge is -2.60. The van der Waals surface area contributed by atoms with Gasteiger partial charge in [0.25, 0.3) is 0 Å². The van der Waals surface area contributed by atoms with Crippen molar-refractivity contribution in [1.82, 2.24) is 4.72 Å². The molecule has 4 unspecified atom stereocenters. The van der Waals surface area contributed by atoms with Gasteiger partial charge in [0.15, 0.2) is 0 Å². The average Bonchev–Trinajstić information content (AvgIpc) is 2.24. The fourth-order valence-corrected chi connectivity index (χ4v) is 5.44. The second kappa shape index (κ2) is 4.85. The van der Waals surface area contributed by atoms with E-state index in [2.05, 4.69) is 11.1 Å². The van der Waals surface area contributed by atoms with Crippen LogP contribution < -0.4 is 10.5 Å². The molecular formula is C13H22ClN2O3S. The molecule has 0 heterocycles. The quantitative estimate of drug-likeness (QED) is 0.804. The molecule has 0 aliphatic heterocycles. The molecule has 0 aromatic rings. The van der Waals surface area contributed by atoms with Crippen LogP contribution in [0.5, 0.6) is 0 Å². The van der Waals surface area contributed by atoms with Gasteiger partial charge in [0.05, 0.1) is 11.7 Å². The number of hydrogen-bond donors (Lipinski definition) is 2. The summed E-state index contributed by atoms with van der Waals surface area (Å²) in [6.45, 7) is 0.446. The van der Waals surface area contributed by atoms with Crippen molar-refractivity contribution < 1.29 is 13.2 Å². The molecule has 5 nitrogen and oxygen atoms in total. The Morgan fingerprint density at radius 2 is 2.10 bits per heavy atom. The number of carbonyl (C=O) groups excluding carboxylic acids is 1. The van der Waals surface area contributed by atoms with Gasteiger partial charge in [-0.1, -0.05) is 0 Å². The van der Waals surface area contributed by atoms with Crippen molar-refractivity contribution in [2.24, 2.45) is 28.4 Å². The van der Waals surface area contributed by atoms with Crippen LogP contribution in [0.25, 0.3) is 0 Å². The summed E-state index contributed by atoms with van der Waals surface area (Å²) in [4.78, 5) is 11.8. The van der Waals surface area contributed by atoms with E-state index < -0.39 is 15.4 Å². The number of sulfonamides is 1. The molecule has 4 aliphatic carbocycles. The van der Waals surface area contributed by atoms with Crippen molar-refractivity contribution in [3.05, 3.63) is 6.42 Å². The summed E-state index contributed by atoms with van der Waals surface area (Å²) in [5.74, 6) is 0.715. The molecule has 115 valence electrons. The number of amides is 1. The van der Waals surface area contributed by atoms with Crippen LogP contribution in [0.2, 0.25) is 0 Å². The number of hydrogen-bond acceptors (Lipinski definition) is 3. The van der Waals surface area contributed by atoms with Crippen LogP contribution >= 0.6 is 12.4 Å². The molecule has 4 aliphatic rings. The fourth-order valence-electron chi connectivity index (χ4n) is 4.87. The molecule has 7 heteroatoms. The molecule has 3 N–H and O–H groups in total. The van der Waals surface area contributed by atoms with Gasteiger partial charge in [0, 0.05) is 6.54 Å². The van der Waals surface area contributed by atoms with Gasteiger partial charge >= 0.3 is 0 Å². The van der Waals surface area contributed by atoms with Gasteiger partial charge in [-0.2, -0.15) is 0 Å². The summed E-state index contributed by atoms with van der Waals surface area (Å²) in [6.07, 6.45) is 8.06. The molecule has 4 rings (SSSR count). The summed E-state index contributed by atoms with van der Waals surface area (Å²) in [7, 11) is -3.18. The van der Waals surface area contributed by atoms with Crippen molar-refractivity contribution in [1.29, 1.82) is 0 Å². The third-order valence-electron chi connectivity index (χ3n) is 5.15. The number of halogens is 1. The third kappa shape index (κ3) is 2.70. The van der Waals surface area contributed by atoms with Crippen LogP contribution in [0, 0.1) is 29.1 Å². The topological polar surface area (TPSA) is 89.3 Å². The van der Waals surface area contributed by atoms with Crippen LogP contribution in [0.3, 0.4) is 0 Å². The lowest BCUT2D eigenvalue weighted by molar-refractivity contribution is -0.141. The number of rotatable bonds is 4. The normalized spacial score (nSPS) is 42.2. The molecule has 0 aromatic heterocycles. The molecule has 20 heavy (non-hydrogen) atoms. The molecule has 4 bridgehead atoms. The molecule has 0 spiro atoms. The maximum absolute atomic E-state index is 11.8. The fraction of sp³-hybridized carbons (Fsp3) is 0.846. The van der Waals surface area contributed by atoms with E-state index in [4.69, 9.17) is 5.73 Å². The van der Waals surface area contributed by atoms with E-state index in [1.807, 2.05) is 0 Å². The Morgan fingerprint density at radius 3 is 2.65 bits per heavy atom. The predicted octanol–water partition coefficient (Wildman–Crippen LogP) is 0.843. The first kappa shape index (κ1) is 16.0. The van der Waals surface area contributed by atoms with Crippen molar-refractivity contribution in [2.75, 3.05) is 12.8 Å². The Hall–Kier alpha value is -0.330. The van der Waals surface area contributed by atoms with Gasteiger partial charge in [0.2, 0.25) is 15.9 Å². The minimum Gasteiger partial charge on any atom is -0.369 e. The van der Waals surface area contributed by atoms with E-state index in [1.54, 1.807) is 0 Å².